The van der Waals surface area contributed by atoms with Gasteiger partial charge in [-0.1, -0.05) is 11.6 Å². The zero-order valence-electron chi connectivity index (χ0n) is 11.6. The highest BCUT2D eigenvalue weighted by atomic mass is 35.5. The second-order valence-corrected chi connectivity index (χ2v) is 7.87. The molecule has 0 saturated carbocycles. The van der Waals surface area contributed by atoms with Crippen molar-refractivity contribution in [2.24, 2.45) is 0 Å². The van der Waals surface area contributed by atoms with E-state index < -0.39 is 15.6 Å². The monoisotopic (exact) mass is 319 g/mol. The van der Waals surface area contributed by atoms with Gasteiger partial charge in [0.25, 0.3) is 0 Å². The van der Waals surface area contributed by atoms with E-state index in [2.05, 4.69) is 4.98 Å². The molecule has 1 aliphatic rings. The number of rotatable bonds is 2. The van der Waals surface area contributed by atoms with Crippen molar-refractivity contribution in [2.45, 2.75) is 37.4 Å². The summed E-state index contributed by atoms with van der Waals surface area (Å²) in [5.41, 5.74) is 4.97. The van der Waals surface area contributed by atoms with Gasteiger partial charge in [-0.2, -0.15) is 4.31 Å². The van der Waals surface area contributed by atoms with Gasteiger partial charge in [0, 0.05) is 19.3 Å². The maximum absolute atomic E-state index is 12.6. The number of ether oxygens (including phenoxy) is 1. The van der Waals surface area contributed by atoms with Crippen LogP contribution >= 0.6 is 11.6 Å². The number of nitrogens with zero attached hydrogens (tertiary/aromatic N) is 2. The Morgan fingerprint density at radius 2 is 2.20 bits per heavy atom. The Kier molecular flexibility index (Phi) is 3.98. The van der Waals surface area contributed by atoms with E-state index in [0.29, 0.717) is 6.54 Å². The van der Waals surface area contributed by atoms with E-state index in [1.165, 1.54) is 16.6 Å². The molecule has 1 aromatic rings. The number of hydrogen-bond acceptors (Lipinski definition) is 5. The molecule has 0 radical (unpaired) electrons. The predicted molar refractivity (Wildman–Crippen MR) is 77.0 cm³/mol. The lowest BCUT2D eigenvalue weighted by Gasteiger charge is -2.40. The summed E-state index contributed by atoms with van der Waals surface area (Å²) in [5.74, 6) is 0.112. The number of morpholine rings is 1. The first-order chi connectivity index (χ1) is 9.12. The van der Waals surface area contributed by atoms with E-state index in [-0.39, 0.29) is 28.4 Å². The molecule has 0 bridgehead atoms. The molecule has 1 aromatic heterocycles. The number of sulfonamides is 1. The molecule has 0 spiro atoms. The van der Waals surface area contributed by atoms with Crippen LogP contribution in [0.25, 0.3) is 0 Å². The van der Waals surface area contributed by atoms with Crippen LogP contribution < -0.4 is 5.73 Å². The molecule has 20 heavy (non-hydrogen) atoms. The second-order valence-electron chi connectivity index (χ2n) is 5.52. The summed E-state index contributed by atoms with van der Waals surface area (Å²) in [6.45, 7) is 6.14. The van der Waals surface area contributed by atoms with Gasteiger partial charge in [-0.15, -0.1) is 0 Å². The van der Waals surface area contributed by atoms with E-state index >= 15 is 0 Å². The number of nitrogen functional groups attached to an aromatic ring is 1. The van der Waals surface area contributed by atoms with E-state index in [1.54, 1.807) is 0 Å². The topological polar surface area (TPSA) is 85.5 Å². The molecule has 1 atom stereocenters. The van der Waals surface area contributed by atoms with Crippen LogP contribution in [0, 0.1) is 0 Å². The number of aromatic nitrogens is 1. The normalized spacial score (nSPS) is 23.7. The fourth-order valence-electron chi connectivity index (χ4n) is 2.30. The Labute approximate surface area is 123 Å². The highest BCUT2D eigenvalue weighted by molar-refractivity contribution is 7.89. The summed E-state index contributed by atoms with van der Waals surface area (Å²) < 4.78 is 32.3. The zero-order chi connectivity index (χ0) is 15.1. The fraction of sp³-hybridized carbons (Fsp3) is 0.583. The van der Waals surface area contributed by atoms with Crippen molar-refractivity contribution >= 4 is 27.4 Å². The molecule has 6 nitrogen and oxygen atoms in total. The molecular weight excluding hydrogens is 302 g/mol. The first-order valence-electron chi connectivity index (χ1n) is 6.21. The molecule has 1 saturated heterocycles. The summed E-state index contributed by atoms with van der Waals surface area (Å²) in [6.07, 6.45) is 1.05. The molecule has 2 N–H and O–H groups in total. The Bertz CT molecular complexity index is 618. The van der Waals surface area contributed by atoms with Crippen molar-refractivity contribution in [3.05, 3.63) is 17.3 Å². The molecule has 8 heteroatoms. The van der Waals surface area contributed by atoms with E-state index in [1.807, 2.05) is 20.8 Å². The van der Waals surface area contributed by atoms with Crippen LogP contribution in [0.15, 0.2) is 17.2 Å². The lowest BCUT2D eigenvalue weighted by Crippen LogP contribution is -2.53. The first kappa shape index (κ1) is 15.5. The maximum Gasteiger partial charge on any atom is 0.244 e. The Morgan fingerprint density at radius 1 is 1.55 bits per heavy atom. The molecule has 0 aliphatic carbocycles. The maximum atomic E-state index is 12.6. The molecule has 1 unspecified atom stereocenters. The van der Waals surface area contributed by atoms with Crippen molar-refractivity contribution < 1.29 is 13.2 Å². The lowest BCUT2D eigenvalue weighted by atomic mass is 10.1. The second kappa shape index (κ2) is 5.14. The van der Waals surface area contributed by atoms with Crippen molar-refractivity contribution in [3.63, 3.8) is 0 Å². The van der Waals surface area contributed by atoms with Crippen molar-refractivity contribution in [1.29, 1.82) is 0 Å². The summed E-state index contributed by atoms with van der Waals surface area (Å²) >= 11 is 5.85. The summed E-state index contributed by atoms with van der Waals surface area (Å²) in [4.78, 5) is 3.85. The third-order valence-corrected chi connectivity index (χ3v) is 5.10. The van der Waals surface area contributed by atoms with Crippen LogP contribution in [0.4, 0.5) is 5.82 Å². The Morgan fingerprint density at radius 3 is 2.75 bits per heavy atom. The standard InChI is InChI=1S/C12H18ClN3O3S/c1-8-6-16(7-12(2,3)19-8)20(17,18)9-4-10(13)11(14)15-5-9/h4-5,8H,6-7H2,1-3H3,(H2,14,15). The minimum atomic E-state index is -3.65. The number of halogens is 1. The largest absolute Gasteiger partial charge is 0.382 e. The molecule has 1 aliphatic heterocycles. The van der Waals surface area contributed by atoms with Crippen LogP contribution in [0.3, 0.4) is 0 Å². The van der Waals surface area contributed by atoms with Crippen LogP contribution in [-0.2, 0) is 14.8 Å². The zero-order valence-corrected chi connectivity index (χ0v) is 13.2. The van der Waals surface area contributed by atoms with Crippen LogP contribution in [0.2, 0.25) is 5.02 Å². The van der Waals surface area contributed by atoms with Crippen LogP contribution in [0.1, 0.15) is 20.8 Å². The molecule has 2 rings (SSSR count). The van der Waals surface area contributed by atoms with Gasteiger partial charge in [0.05, 0.1) is 16.7 Å². The quantitative estimate of drug-likeness (QED) is 0.893. The highest BCUT2D eigenvalue weighted by Crippen LogP contribution is 2.28. The number of pyridine rings is 1. The summed E-state index contributed by atoms with van der Waals surface area (Å²) in [5, 5.41) is 0.131. The molecule has 0 amide bonds. The van der Waals surface area contributed by atoms with Crippen molar-refractivity contribution in [1.82, 2.24) is 9.29 Å². The smallest absolute Gasteiger partial charge is 0.244 e. The van der Waals surface area contributed by atoms with Gasteiger partial charge >= 0.3 is 0 Å². The van der Waals surface area contributed by atoms with Gasteiger partial charge in [0.15, 0.2) is 0 Å². The predicted octanol–water partition coefficient (Wildman–Crippen LogP) is 1.51. The summed E-state index contributed by atoms with van der Waals surface area (Å²) in [6, 6.07) is 1.33. The molecule has 112 valence electrons. The number of anilines is 1. The first-order valence-corrected chi connectivity index (χ1v) is 8.02. The van der Waals surface area contributed by atoms with E-state index in [4.69, 9.17) is 22.1 Å². The molecule has 0 aromatic carbocycles. The van der Waals surface area contributed by atoms with Crippen LogP contribution in [-0.4, -0.2) is 42.5 Å². The van der Waals surface area contributed by atoms with Gasteiger partial charge in [-0.3, -0.25) is 0 Å². The van der Waals surface area contributed by atoms with Gasteiger partial charge in [-0.25, -0.2) is 13.4 Å². The Balaban J connectivity index is 2.36. The number of hydrogen-bond donors (Lipinski definition) is 1. The van der Waals surface area contributed by atoms with Crippen LogP contribution in [0.5, 0.6) is 0 Å². The molecule has 1 fully saturated rings. The molecule has 2 heterocycles. The van der Waals surface area contributed by atoms with Crippen molar-refractivity contribution in [3.8, 4) is 0 Å². The fourth-order valence-corrected chi connectivity index (χ4v) is 4.17. The lowest BCUT2D eigenvalue weighted by molar-refractivity contribution is -0.109. The third-order valence-electron chi connectivity index (χ3n) is 3.02. The molecular formula is C12H18ClN3O3S. The van der Waals surface area contributed by atoms with Gasteiger partial charge in [-0.05, 0) is 26.8 Å². The van der Waals surface area contributed by atoms with Gasteiger partial charge < -0.3 is 10.5 Å². The van der Waals surface area contributed by atoms with Gasteiger partial charge in [0.1, 0.15) is 10.7 Å². The van der Waals surface area contributed by atoms with Gasteiger partial charge in [0.2, 0.25) is 10.0 Å². The minimum Gasteiger partial charge on any atom is -0.382 e. The third kappa shape index (κ3) is 3.06. The van der Waals surface area contributed by atoms with Crippen molar-refractivity contribution in [2.75, 3.05) is 18.8 Å². The Hall–Kier alpha value is -0.890. The van der Waals surface area contributed by atoms with E-state index in [0.717, 1.165) is 0 Å². The summed E-state index contributed by atoms with van der Waals surface area (Å²) in [7, 11) is -3.65. The van der Waals surface area contributed by atoms with E-state index in [9.17, 15) is 8.42 Å². The minimum absolute atomic E-state index is 0.0431. The number of nitrogens with two attached hydrogens (primary N) is 1. The average molecular weight is 320 g/mol. The highest BCUT2D eigenvalue weighted by Gasteiger charge is 2.38. The SMILES string of the molecule is CC1CN(S(=O)(=O)c2cnc(N)c(Cl)c2)CC(C)(C)O1. The average Bonchev–Trinajstić information content (AvgIpc) is 2.30.